The zero-order valence-electron chi connectivity index (χ0n) is 20.6. The number of unbranched alkanes of at least 4 members (excludes halogenated alkanes) is 3. The Bertz CT molecular complexity index is 754. The summed E-state index contributed by atoms with van der Waals surface area (Å²) in [5.41, 5.74) is 0.999. The molecule has 0 radical (unpaired) electrons. The fourth-order valence-electron chi connectivity index (χ4n) is 3.34. The van der Waals surface area contributed by atoms with Crippen LogP contribution in [0.5, 0.6) is 11.5 Å². The summed E-state index contributed by atoms with van der Waals surface area (Å²) in [7, 11) is 0. The van der Waals surface area contributed by atoms with Crippen LogP contribution in [0.2, 0.25) is 0 Å². The molecule has 4 nitrogen and oxygen atoms in total. The van der Waals surface area contributed by atoms with Gasteiger partial charge >= 0.3 is 0 Å². The highest BCUT2D eigenvalue weighted by Crippen LogP contribution is 2.49. The van der Waals surface area contributed by atoms with Gasteiger partial charge in [-0.1, -0.05) is 74.1 Å². The maximum Gasteiger partial charge on any atom is 0.244 e. The smallest absolute Gasteiger partial charge is 0.244 e. The minimum atomic E-state index is -0.262. The van der Waals surface area contributed by atoms with Gasteiger partial charge in [0.25, 0.3) is 0 Å². The zero-order chi connectivity index (χ0) is 23.7. The number of hydrogen-bond donors (Lipinski definition) is 3. The molecule has 0 aliphatic carbocycles. The summed E-state index contributed by atoms with van der Waals surface area (Å²) in [6.07, 6.45) is 10.2. The molecule has 0 fully saturated rings. The second-order valence-corrected chi connectivity index (χ2v) is 11.3. The van der Waals surface area contributed by atoms with Crippen LogP contribution in [0.3, 0.4) is 0 Å². The quantitative estimate of drug-likeness (QED) is 0.129. The Hall–Kier alpha value is -1.62. The van der Waals surface area contributed by atoms with E-state index in [0.29, 0.717) is 17.0 Å². The lowest BCUT2D eigenvalue weighted by Crippen LogP contribution is -2.22. The van der Waals surface area contributed by atoms with Crippen molar-refractivity contribution in [1.82, 2.24) is 5.32 Å². The fraction of sp³-hybridized carbons (Fsp3) is 0.654. The average molecular weight is 450 g/mol. The van der Waals surface area contributed by atoms with Gasteiger partial charge < -0.3 is 15.5 Å². The molecule has 5 heteroatoms. The van der Waals surface area contributed by atoms with Crippen molar-refractivity contribution in [2.45, 2.75) is 108 Å². The highest BCUT2D eigenvalue weighted by atomic mass is 32.2. The minimum absolute atomic E-state index is 0.0989. The Kier molecular flexibility index (Phi) is 11.0. The van der Waals surface area contributed by atoms with Crippen LogP contribution >= 0.6 is 11.8 Å². The summed E-state index contributed by atoms with van der Waals surface area (Å²) >= 11 is 1.55. The lowest BCUT2D eigenvalue weighted by Gasteiger charge is -2.30. The number of phenolic OH excluding ortho intramolecular Hbond substituents is 2. The van der Waals surface area contributed by atoms with E-state index in [-0.39, 0.29) is 27.6 Å². The molecule has 1 amide bonds. The molecular formula is C26H43NO3S. The van der Waals surface area contributed by atoms with E-state index in [1.807, 2.05) is 0 Å². The van der Waals surface area contributed by atoms with Gasteiger partial charge in [-0.3, -0.25) is 4.79 Å². The first kappa shape index (κ1) is 27.4. The number of aromatic hydroxyl groups is 2. The minimum Gasteiger partial charge on any atom is -0.507 e. The first-order valence-electron chi connectivity index (χ1n) is 11.7. The van der Waals surface area contributed by atoms with Gasteiger partial charge in [-0.15, -0.1) is 11.8 Å². The van der Waals surface area contributed by atoms with Crippen LogP contribution in [0.25, 0.3) is 6.08 Å². The lowest BCUT2D eigenvalue weighted by atomic mass is 9.79. The number of hydrogen-bond acceptors (Lipinski definition) is 4. The highest BCUT2D eigenvalue weighted by Gasteiger charge is 2.30. The topological polar surface area (TPSA) is 69.6 Å². The number of phenols is 2. The fourth-order valence-corrected chi connectivity index (χ4v) is 4.52. The number of carbonyl (C=O) groups excluding carboxylic acids is 1. The van der Waals surface area contributed by atoms with Crippen LogP contribution < -0.4 is 5.32 Å². The summed E-state index contributed by atoms with van der Waals surface area (Å²) in [5, 5.41) is 25.1. The molecule has 0 aliphatic rings. The SMILES string of the molecule is CCCCCNC(=O)/C=C/c1c(O)cc(C(C)(C)CCCC)c(O)c1SC(C)(C)CC. The Morgan fingerprint density at radius 2 is 1.71 bits per heavy atom. The van der Waals surface area contributed by atoms with Gasteiger partial charge in [0.15, 0.2) is 0 Å². The second kappa shape index (κ2) is 12.4. The van der Waals surface area contributed by atoms with E-state index in [1.165, 1.54) is 6.08 Å². The standard InChI is InChI=1S/C26H43NO3S/c1-8-11-13-17-27-22(29)15-14-19-21(28)18-20(25(4,5)16-12-9-2)23(30)24(19)31-26(6,7)10-3/h14-15,18,28,30H,8-13,16-17H2,1-7H3,(H,27,29)/b15-14+. The Morgan fingerprint density at radius 1 is 1.06 bits per heavy atom. The number of carbonyl (C=O) groups is 1. The van der Waals surface area contributed by atoms with E-state index in [9.17, 15) is 15.0 Å². The molecule has 0 heterocycles. The Labute approximate surface area is 193 Å². The van der Waals surface area contributed by atoms with E-state index >= 15 is 0 Å². The summed E-state index contributed by atoms with van der Waals surface area (Å²) in [6.45, 7) is 15.5. The number of benzene rings is 1. The van der Waals surface area contributed by atoms with Crippen LogP contribution in [0.15, 0.2) is 17.0 Å². The van der Waals surface area contributed by atoms with E-state index in [1.54, 1.807) is 23.9 Å². The van der Waals surface area contributed by atoms with Crippen molar-refractivity contribution in [3.8, 4) is 11.5 Å². The van der Waals surface area contributed by atoms with Gasteiger partial charge in [0.1, 0.15) is 11.5 Å². The number of amides is 1. The van der Waals surface area contributed by atoms with Crippen LogP contribution in [0.1, 0.15) is 105 Å². The predicted molar refractivity (Wildman–Crippen MR) is 134 cm³/mol. The van der Waals surface area contributed by atoms with Crippen LogP contribution in [-0.4, -0.2) is 27.4 Å². The molecule has 176 valence electrons. The number of rotatable bonds is 13. The third-order valence-electron chi connectivity index (χ3n) is 5.87. The molecule has 0 spiro atoms. The molecule has 31 heavy (non-hydrogen) atoms. The van der Waals surface area contributed by atoms with Crippen LogP contribution in [0.4, 0.5) is 0 Å². The Morgan fingerprint density at radius 3 is 2.29 bits per heavy atom. The molecule has 0 unspecified atom stereocenters. The summed E-state index contributed by atoms with van der Waals surface area (Å²) in [5.74, 6) is 0.128. The predicted octanol–water partition coefficient (Wildman–Crippen LogP) is 7.17. The van der Waals surface area contributed by atoms with E-state index < -0.39 is 0 Å². The first-order valence-corrected chi connectivity index (χ1v) is 12.5. The maximum atomic E-state index is 12.2. The summed E-state index contributed by atoms with van der Waals surface area (Å²) < 4.78 is -0.124. The van der Waals surface area contributed by atoms with Gasteiger partial charge in [0, 0.05) is 28.5 Å². The van der Waals surface area contributed by atoms with Gasteiger partial charge in [0.05, 0.1) is 4.90 Å². The zero-order valence-corrected chi connectivity index (χ0v) is 21.4. The van der Waals surface area contributed by atoms with Crippen molar-refractivity contribution in [3.05, 3.63) is 23.3 Å². The van der Waals surface area contributed by atoms with Gasteiger partial charge in [-0.25, -0.2) is 0 Å². The largest absolute Gasteiger partial charge is 0.507 e. The van der Waals surface area contributed by atoms with Crippen LogP contribution in [0, 0.1) is 0 Å². The summed E-state index contributed by atoms with van der Waals surface area (Å²) in [6, 6.07) is 1.67. The molecule has 0 aromatic heterocycles. The van der Waals surface area contributed by atoms with Gasteiger partial charge in [0.2, 0.25) is 5.91 Å². The Balaban J connectivity index is 3.35. The molecule has 0 bridgehead atoms. The van der Waals surface area contributed by atoms with Gasteiger partial charge in [-0.2, -0.15) is 0 Å². The average Bonchev–Trinajstić information content (AvgIpc) is 2.71. The highest BCUT2D eigenvalue weighted by molar-refractivity contribution is 8.00. The van der Waals surface area contributed by atoms with Crippen molar-refractivity contribution in [3.63, 3.8) is 0 Å². The molecule has 1 aromatic rings. The molecule has 0 saturated heterocycles. The molecule has 3 N–H and O–H groups in total. The van der Waals surface area contributed by atoms with Crippen molar-refractivity contribution in [2.75, 3.05) is 6.54 Å². The van der Waals surface area contributed by atoms with Crippen LogP contribution in [-0.2, 0) is 10.2 Å². The molecular weight excluding hydrogens is 406 g/mol. The van der Waals surface area contributed by atoms with Crippen molar-refractivity contribution < 1.29 is 15.0 Å². The van der Waals surface area contributed by atoms with E-state index in [4.69, 9.17) is 0 Å². The monoisotopic (exact) mass is 449 g/mol. The maximum absolute atomic E-state index is 12.2. The first-order chi connectivity index (χ1) is 14.5. The van der Waals surface area contributed by atoms with Crippen molar-refractivity contribution in [2.24, 2.45) is 0 Å². The lowest BCUT2D eigenvalue weighted by molar-refractivity contribution is -0.116. The summed E-state index contributed by atoms with van der Waals surface area (Å²) in [4.78, 5) is 12.9. The molecule has 0 atom stereocenters. The van der Waals surface area contributed by atoms with Crippen molar-refractivity contribution >= 4 is 23.7 Å². The molecule has 1 aromatic carbocycles. The normalized spacial score (nSPS) is 12.5. The second-order valence-electron chi connectivity index (χ2n) is 9.57. The number of nitrogens with one attached hydrogen (secondary N) is 1. The van der Waals surface area contributed by atoms with Crippen molar-refractivity contribution in [1.29, 1.82) is 0 Å². The van der Waals surface area contributed by atoms with E-state index in [0.717, 1.165) is 50.5 Å². The molecule has 0 aliphatic heterocycles. The molecule has 1 rings (SSSR count). The molecule has 0 saturated carbocycles. The third kappa shape index (κ3) is 8.44. The third-order valence-corrected chi connectivity index (χ3v) is 7.33. The van der Waals surface area contributed by atoms with E-state index in [2.05, 4.69) is 53.8 Å². The number of thioether (sulfide) groups is 1. The van der Waals surface area contributed by atoms with Gasteiger partial charge in [-0.05, 0) is 36.8 Å².